The highest BCUT2D eigenvalue weighted by Gasteiger charge is 2.43. The van der Waals surface area contributed by atoms with E-state index >= 15 is 0 Å². The molecule has 0 fully saturated rings. The van der Waals surface area contributed by atoms with Gasteiger partial charge >= 0.3 is 5.97 Å². The Morgan fingerprint density at radius 2 is 1.84 bits per heavy atom. The molecule has 5 rings (SSSR count). The molecule has 0 radical (unpaired) electrons. The van der Waals surface area contributed by atoms with Crippen molar-refractivity contribution in [2.24, 2.45) is 5.73 Å². The van der Waals surface area contributed by atoms with E-state index in [0.717, 1.165) is 5.56 Å². The summed E-state index contributed by atoms with van der Waals surface area (Å²) in [6.45, 7) is 2.02. The maximum Gasteiger partial charge on any atom is 0.340 e. The first-order chi connectivity index (χ1) is 15.6. The molecule has 0 bridgehead atoms. The molecular weight excluding hydrogens is 410 g/mol. The van der Waals surface area contributed by atoms with Gasteiger partial charge in [-0.1, -0.05) is 36.4 Å². The van der Waals surface area contributed by atoms with E-state index in [1.807, 2.05) is 36.4 Å². The molecular formula is C25H23NO6. The molecule has 0 saturated heterocycles. The van der Waals surface area contributed by atoms with Crippen molar-refractivity contribution in [3.63, 3.8) is 0 Å². The molecule has 2 unspecified atom stereocenters. The number of carbonyl (C=O) groups excluding carboxylic acids is 2. The molecule has 0 aromatic heterocycles. The van der Waals surface area contributed by atoms with Crippen LogP contribution in [0.5, 0.6) is 11.5 Å². The van der Waals surface area contributed by atoms with E-state index in [2.05, 4.69) is 0 Å². The van der Waals surface area contributed by atoms with E-state index in [1.165, 1.54) is 0 Å². The van der Waals surface area contributed by atoms with Crippen LogP contribution in [-0.2, 0) is 19.1 Å². The number of nitrogens with two attached hydrogens (primary N) is 1. The molecule has 0 saturated carbocycles. The van der Waals surface area contributed by atoms with Crippen molar-refractivity contribution >= 4 is 11.8 Å². The zero-order chi connectivity index (χ0) is 22.2. The number of Topliss-reactive ketones (excluding diaryl/α,β-unsaturated/α-hetero) is 1. The Hall–Kier alpha value is -3.74. The largest absolute Gasteiger partial charge is 0.462 e. The molecule has 1 aliphatic carbocycles. The van der Waals surface area contributed by atoms with Gasteiger partial charge in [0.25, 0.3) is 0 Å². The molecule has 164 valence electrons. The second-order valence-corrected chi connectivity index (χ2v) is 7.92. The van der Waals surface area contributed by atoms with Crippen LogP contribution in [0.15, 0.2) is 71.3 Å². The van der Waals surface area contributed by atoms with Gasteiger partial charge < -0.3 is 24.7 Å². The first-order valence-electron chi connectivity index (χ1n) is 10.6. The first kappa shape index (κ1) is 20.2. The fourth-order valence-corrected chi connectivity index (χ4v) is 4.60. The number of esters is 1. The van der Waals surface area contributed by atoms with E-state index in [1.54, 1.807) is 19.1 Å². The van der Waals surface area contributed by atoms with Crippen LogP contribution in [0, 0.1) is 0 Å². The van der Waals surface area contributed by atoms with Gasteiger partial charge in [0.2, 0.25) is 12.7 Å². The molecule has 2 aliphatic heterocycles. The number of hydrogen-bond donors (Lipinski definition) is 1. The fourth-order valence-electron chi connectivity index (χ4n) is 4.60. The van der Waals surface area contributed by atoms with Crippen molar-refractivity contribution in [3.8, 4) is 11.5 Å². The second-order valence-electron chi connectivity index (χ2n) is 7.92. The van der Waals surface area contributed by atoms with Gasteiger partial charge in [0, 0.05) is 18.4 Å². The summed E-state index contributed by atoms with van der Waals surface area (Å²) in [5.41, 5.74) is 8.59. The Balaban J connectivity index is 1.60. The number of carbonyl (C=O) groups is 2. The number of ketones is 1. The molecule has 3 aliphatic rings. The molecule has 2 aromatic rings. The molecule has 0 amide bonds. The van der Waals surface area contributed by atoms with E-state index in [9.17, 15) is 9.59 Å². The summed E-state index contributed by atoms with van der Waals surface area (Å²) in [6.07, 6.45) is 0.839. The highest BCUT2D eigenvalue weighted by atomic mass is 16.7. The van der Waals surface area contributed by atoms with E-state index in [4.69, 9.17) is 24.7 Å². The Labute approximate surface area is 185 Å². The van der Waals surface area contributed by atoms with Gasteiger partial charge in [-0.15, -0.1) is 0 Å². The van der Waals surface area contributed by atoms with E-state index in [-0.39, 0.29) is 36.6 Å². The Bertz CT molecular complexity index is 1150. The number of allylic oxidation sites excluding steroid dienone is 2. The van der Waals surface area contributed by atoms with Gasteiger partial charge in [-0.05, 0) is 36.1 Å². The van der Waals surface area contributed by atoms with Crippen molar-refractivity contribution in [1.29, 1.82) is 0 Å². The summed E-state index contributed by atoms with van der Waals surface area (Å²) in [5, 5.41) is 0. The van der Waals surface area contributed by atoms with Gasteiger partial charge in [-0.2, -0.15) is 0 Å². The Morgan fingerprint density at radius 3 is 2.62 bits per heavy atom. The number of ether oxygens (including phenoxy) is 4. The third kappa shape index (κ3) is 3.39. The third-order valence-corrected chi connectivity index (χ3v) is 6.04. The highest BCUT2D eigenvalue weighted by molar-refractivity contribution is 6.03. The third-order valence-electron chi connectivity index (χ3n) is 6.04. The summed E-state index contributed by atoms with van der Waals surface area (Å²) >= 11 is 0. The number of benzene rings is 2. The zero-order valence-electron chi connectivity index (χ0n) is 17.6. The summed E-state index contributed by atoms with van der Waals surface area (Å²) in [4.78, 5) is 26.3. The van der Waals surface area contributed by atoms with Crippen molar-refractivity contribution in [2.45, 2.75) is 31.6 Å². The molecule has 2 aromatic carbocycles. The fraction of sp³-hybridized carbons (Fsp3) is 0.280. The SMILES string of the molecule is CCOC(=O)C1=C(N)OC2=C(C(=O)CC(c3ccccc3)C2)C1c1ccc2c(c1)OCO2. The minimum absolute atomic E-state index is 0.0169. The van der Waals surface area contributed by atoms with Crippen LogP contribution < -0.4 is 15.2 Å². The monoisotopic (exact) mass is 433 g/mol. The molecule has 2 N–H and O–H groups in total. The van der Waals surface area contributed by atoms with Gasteiger partial charge in [0.1, 0.15) is 11.3 Å². The smallest absolute Gasteiger partial charge is 0.340 e. The van der Waals surface area contributed by atoms with Crippen LogP contribution in [0.2, 0.25) is 0 Å². The van der Waals surface area contributed by atoms with Gasteiger partial charge in [0.05, 0.1) is 12.5 Å². The van der Waals surface area contributed by atoms with Crippen molar-refractivity contribution in [3.05, 3.63) is 82.4 Å². The Kier molecular flexibility index (Phi) is 5.09. The molecule has 7 heteroatoms. The van der Waals surface area contributed by atoms with Gasteiger partial charge in [-0.3, -0.25) is 4.79 Å². The predicted octanol–water partition coefficient (Wildman–Crippen LogP) is 3.66. The topological polar surface area (TPSA) is 97.1 Å². The molecule has 7 nitrogen and oxygen atoms in total. The second kappa shape index (κ2) is 8.07. The standard InChI is InChI=1S/C25H23NO6/c1-2-29-25(28)23-21(15-8-9-18-19(11-15)31-13-30-18)22-17(27)10-16(12-20(22)32-24(23)26)14-6-4-3-5-7-14/h3-9,11,16,21H,2,10,12-13,26H2,1H3. The number of fused-ring (bicyclic) bond motifs is 1. The molecule has 32 heavy (non-hydrogen) atoms. The van der Waals surface area contributed by atoms with Crippen LogP contribution in [-0.4, -0.2) is 25.2 Å². The summed E-state index contributed by atoms with van der Waals surface area (Å²) in [6, 6.07) is 15.2. The average Bonchev–Trinajstić information content (AvgIpc) is 3.26. The van der Waals surface area contributed by atoms with E-state index < -0.39 is 11.9 Å². The van der Waals surface area contributed by atoms with Crippen molar-refractivity contribution in [2.75, 3.05) is 13.4 Å². The first-order valence-corrected chi connectivity index (χ1v) is 10.6. The average molecular weight is 433 g/mol. The van der Waals surface area contributed by atoms with Crippen molar-refractivity contribution in [1.82, 2.24) is 0 Å². The minimum Gasteiger partial charge on any atom is -0.462 e. The molecule has 2 atom stereocenters. The lowest BCUT2D eigenvalue weighted by atomic mass is 9.73. The van der Waals surface area contributed by atoms with Crippen molar-refractivity contribution < 1.29 is 28.5 Å². The highest BCUT2D eigenvalue weighted by Crippen LogP contribution is 2.48. The zero-order valence-corrected chi connectivity index (χ0v) is 17.6. The van der Waals surface area contributed by atoms with Crippen LogP contribution in [0.1, 0.15) is 42.7 Å². The number of rotatable bonds is 4. The Morgan fingerprint density at radius 1 is 1.06 bits per heavy atom. The van der Waals surface area contributed by atoms with Gasteiger partial charge in [-0.25, -0.2) is 4.79 Å². The summed E-state index contributed by atoms with van der Waals surface area (Å²) in [5.74, 6) is 0.254. The minimum atomic E-state index is -0.698. The predicted molar refractivity (Wildman–Crippen MR) is 115 cm³/mol. The lowest BCUT2D eigenvalue weighted by Gasteiger charge is -2.35. The van der Waals surface area contributed by atoms with Crippen LogP contribution in [0.25, 0.3) is 0 Å². The summed E-state index contributed by atoms with van der Waals surface area (Å²) in [7, 11) is 0. The van der Waals surface area contributed by atoms with Gasteiger partial charge in [0.15, 0.2) is 17.3 Å². The lowest BCUT2D eigenvalue weighted by molar-refractivity contribution is -0.139. The molecule has 2 heterocycles. The quantitative estimate of drug-likeness (QED) is 0.735. The maximum atomic E-state index is 13.5. The summed E-state index contributed by atoms with van der Waals surface area (Å²) < 4.78 is 22.1. The van der Waals surface area contributed by atoms with Crippen LogP contribution >= 0.6 is 0 Å². The maximum absolute atomic E-state index is 13.5. The van der Waals surface area contributed by atoms with Crippen LogP contribution in [0.3, 0.4) is 0 Å². The normalized spacial score (nSPS) is 21.8. The lowest BCUT2D eigenvalue weighted by Crippen LogP contribution is -2.33. The molecule has 0 spiro atoms. The number of hydrogen-bond acceptors (Lipinski definition) is 7. The van der Waals surface area contributed by atoms with E-state index in [0.29, 0.717) is 41.2 Å². The van der Waals surface area contributed by atoms with Crippen LogP contribution in [0.4, 0.5) is 0 Å².